The summed E-state index contributed by atoms with van der Waals surface area (Å²) in [6.07, 6.45) is 2.22. The van der Waals surface area contributed by atoms with Crippen molar-refractivity contribution in [2.75, 3.05) is 7.05 Å². The van der Waals surface area contributed by atoms with E-state index in [1.165, 1.54) is 4.31 Å². The minimum Gasteiger partial charge on any atom is -0.389 e. The standard InChI is InChI=1S/C14H20N2O2S2/c1-9-8-12(14(15)19)6-7-13(9)20(17,18)16(3)10(2)11-4-5-11/h6-8,10-11H,4-5H2,1-3H3,(H2,15,19). The number of rotatable bonds is 5. The lowest BCUT2D eigenvalue weighted by atomic mass is 10.1. The van der Waals surface area contributed by atoms with Gasteiger partial charge in [0.1, 0.15) is 4.99 Å². The van der Waals surface area contributed by atoms with Crippen molar-refractivity contribution in [2.45, 2.75) is 37.6 Å². The highest BCUT2D eigenvalue weighted by Gasteiger charge is 2.36. The van der Waals surface area contributed by atoms with E-state index in [1.807, 2.05) is 6.92 Å². The Balaban J connectivity index is 2.36. The predicted molar refractivity (Wildman–Crippen MR) is 84.2 cm³/mol. The molecule has 0 spiro atoms. The first kappa shape index (κ1) is 15.4. The average Bonchev–Trinajstić information content (AvgIpc) is 3.20. The van der Waals surface area contributed by atoms with Crippen LogP contribution in [0.1, 0.15) is 30.9 Å². The largest absolute Gasteiger partial charge is 0.389 e. The zero-order chi connectivity index (χ0) is 15.1. The number of hydrogen-bond donors (Lipinski definition) is 1. The fourth-order valence-electron chi connectivity index (χ4n) is 2.34. The summed E-state index contributed by atoms with van der Waals surface area (Å²) in [6.45, 7) is 3.73. The number of nitrogens with two attached hydrogens (primary N) is 1. The van der Waals surface area contributed by atoms with Crippen molar-refractivity contribution in [3.63, 3.8) is 0 Å². The second-order valence-electron chi connectivity index (χ2n) is 5.44. The number of hydrogen-bond acceptors (Lipinski definition) is 3. The molecule has 1 aliphatic rings. The summed E-state index contributed by atoms with van der Waals surface area (Å²) in [7, 11) is -1.82. The van der Waals surface area contributed by atoms with Crippen molar-refractivity contribution in [3.8, 4) is 0 Å². The molecule has 0 aliphatic heterocycles. The van der Waals surface area contributed by atoms with Gasteiger partial charge in [0, 0.05) is 18.7 Å². The van der Waals surface area contributed by atoms with Crippen LogP contribution in [-0.4, -0.2) is 30.8 Å². The zero-order valence-electron chi connectivity index (χ0n) is 12.0. The van der Waals surface area contributed by atoms with Gasteiger partial charge in [-0.05, 0) is 50.3 Å². The molecule has 0 radical (unpaired) electrons. The molecule has 1 atom stereocenters. The summed E-state index contributed by atoms with van der Waals surface area (Å²) in [5.74, 6) is 0.492. The van der Waals surface area contributed by atoms with Crippen LogP contribution in [0.2, 0.25) is 0 Å². The molecule has 0 amide bonds. The van der Waals surface area contributed by atoms with Crippen molar-refractivity contribution < 1.29 is 8.42 Å². The van der Waals surface area contributed by atoms with Gasteiger partial charge in [0.25, 0.3) is 0 Å². The maximum absolute atomic E-state index is 12.7. The molecule has 0 saturated heterocycles. The summed E-state index contributed by atoms with van der Waals surface area (Å²) in [5, 5.41) is 0. The van der Waals surface area contributed by atoms with Gasteiger partial charge in [-0.2, -0.15) is 4.31 Å². The Hall–Kier alpha value is -0.980. The van der Waals surface area contributed by atoms with Crippen molar-refractivity contribution in [2.24, 2.45) is 11.7 Å². The second-order valence-corrected chi connectivity index (χ2v) is 7.85. The molecule has 1 fully saturated rings. The smallest absolute Gasteiger partial charge is 0.243 e. The maximum Gasteiger partial charge on any atom is 0.243 e. The highest BCUT2D eigenvalue weighted by atomic mass is 32.2. The highest BCUT2D eigenvalue weighted by molar-refractivity contribution is 7.89. The Labute approximate surface area is 126 Å². The molecule has 0 aromatic heterocycles. The SMILES string of the molecule is Cc1cc(C(N)=S)ccc1S(=O)(=O)N(C)C(C)C1CC1. The Morgan fingerprint density at radius 1 is 1.45 bits per heavy atom. The predicted octanol–water partition coefficient (Wildman–Crippen LogP) is 2.05. The average molecular weight is 312 g/mol. The van der Waals surface area contributed by atoms with Gasteiger partial charge in [-0.15, -0.1) is 0 Å². The molecule has 1 saturated carbocycles. The van der Waals surface area contributed by atoms with Gasteiger partial charge >= 0.3 is 0 Å². The molecule has 0 heterocycles. The van der Waals surface area contributed by atoms with E-state index in [9.17, 15) is 8.42 Å². The van der Waals surface area contributed by atoms with Crippen LogP contribution in [0.3, 0.4) is 0 Å². The molecule has 6 heteroatoms. The van der Waals surface area contributed by atoms with Crippen LogP contribution in [0.5, 0.6) is 0 Å². The van der Waals surface area contributed by atoms with Crippen molar-refractivity contribution in [1.29, 1.82) is 0 Å². The second kappa shape index (κ2) is 5.42. The van der Waals surface area contributed by atoms with E-state index < -0.39 is 10.0 Å². The topological polar surface area (TPSA) is 63.4 Å². The third kappa shape index (κ3) is 2.87. The first-order chi connectivity index (χ1) is 9.25. The molecule has 0 bridgehead atoms. The monoisotopic (exact) mass is 312 g/mol. The molecule has 1 aliphatic carbocycles. The molecule has 110 valence electrons. The van der Waals surface area contributed by atoms with E-state index in [0.29, 0.717) is 21.9 Å². The van der Waals surface area contributed by atoms with E-state index >= 15 is 0 Å². The van der Waals surface area contributed by atoms with E-state index in [-0.39, 0.29) is 11.0 Å². The first-order valence-corrected chi connectivity index (χ1v) is 8.48. The minimum absolute atomic E-state index is 0.0367. The number of nitrogens with zero attached hydrogens (tertiary/aromatic N) is 1. The maximum atomic E-state index is 12.7. The first-order valence-electron chi connectivity index (χ1n) is 6.63. The van der Waals surface area contributed by atoms with Crippen LogP contribution in [-0.2, 0) is 10.0 Å². The lowest BCUT2D eigenvalue weighted by Gasteiger charge is -2.25. The number of benzene rings is 1. The van der Waals surface area contributed by atoms with E-state index in [4.69, 9.17) is 18.0 Å². The molecular weight excluding hydrogens is 292 g/mol. The molecule has 4 nitrogen and oxygen atoms in total. The minimum atomic E-state index is -3.47. The Morgan fingerprint density at radius 2 is 2.05 bits per heavy atom. The van der Waals surface area contributed by atoms with Gasteiger partial charge in [-0.25, -0.2) is 8.42 Å². The molecule has 2 rings (SSSR count). The van der Waals surface area contributed by atoms with Gasteiger partial charge in [-0.1, -0.05) is 18.3 Å². The third-order valence-electron chi connectivity index (χ3n) is 3.99. The van der Waals surface area contributed by atoms with Gasteiger partial charge in [0.15, 0.2) is 0 Å². The van der Waals surface area contributed by atoms with Crippen LogP contribution < -0.4 is 5.73 Å². The van der Waals surface area contributed by atoms with Crippen LogP contribution in [0, 0.1) is 12.8 Å². The summed E-state index contributed by atoms with van der Waals surface area (Å²) in [5.41, 5.74) is 6.93. The number of thiocarbonyl (C=S) groups is 1. The Bertz CT molecular complexity index is 637. The number of sulfonamides is 1. The van der Waals surface area contributed by atoms with Crippen LogP contribution >= 0.6 is 12.2 Å². The van der Waals surface area contributed by atoms with Gasteiger partial charge in [0.2, 0.25) is 10.0 Å². The fourth-order valence-corrected chi connectivity index (χ4v) is 4.09. The molecule has 1 aromatic rings. The molecule has 20 heavy (non-hydrogen) atoms. The van der Waals surface area contributed by atoms with Gasteiger partial charge in [0.05, 0.1) is 4.90 Å². The number of aryl methyl sites for hydroxylation is 1. The van der Waals surface area contributed by atoms with E-state index in [0.717, 1.165) is 12.8 Å². The molecular formula is C14H20N2O2S2. The zero-order valence-corrected chi connectivity index (χ0v) is 13.6. The summed E-state index contributed by atoms with van der Waals surface area (Å²) >= 11 is 4.91. The third-order valence-corrected chi connectivity index (χ3v) is 6.33. The highest BCUT2D eigenvalue weighted by Crippen LogP contribution is 2.36. The normalized spacial score (nSPS) is 17.2. The summed E-state index contributed by atoms with van der Waals surface area (Å²) in [4.78, 5) is 0.601. The van der Waals surface area contributed by atoms with Crippen molar-refractivity contribution in [3.05, 3.63) is 29.3 Å². The molecule has 1 unspecified atom stereocenters. The Morgan fingerprint density at radius 3 is 2.50 bits per heavy atom. The van der Waals surface area contributed by atoms with E-state index in [1.54, 1.807) is 32.2 Å². The van der Waals surface area contributed by atoms with Crippen LogP contribution in [0.4, 0.5) is 0 Å². The lowest BCUT2D eigenvalue weighted by molar-refractivity contribution is 0.357. The van der Waals surface area contributed by atoms with E-state index in [2.05, 4.69) is 0 Å². The van der Waals surface area contributed by atoms with Crippen LogP contribution in [0.25, 0.3) is 0 Å². The van der Waals surface area contributed by atoms with Gasteiger partial charge < -0.3 is 5.73 Å². The Kier molecular flexibility index (Phi) is 4.18. The lowest BCUT2D eigenvalue weighted by Crippen LogP contribution is -2.36. The van der Waals surface area contributed by atoms with Crippen LogP contribution in [0.15, 0.2) is 23.1 Å². The quantitative estimate of drug-likeness (QED) is 0.845. The van der Waals surface area contributed by atoms with Gasteiger partial charge in [-0.3, -0.25) is 0 Å². The van der Waals surface area contributed by atoms with Crippen molar-refractivity contribution in [1.82, 2.24) is 4.31 Å². The summed E-state index contributed by atoms with van der Waals surface area (Å²) in [6, 6.07) is 5.02. The van der Waals surface area contributed by atoms with Crippen molar-refractivity contribution >= 4 is 27.2 Å². The molecule has 2 N–H and O–H groups in total. The summed E-state index contributed by atoms with van der Waals surface area (Å²) < 4.78 is 26.8. The molecule has 1 aromatic carbocycles. The fraction of sp³-hybridized carbons (Fsp3) is 0.500.